The Morgan fingerprint density at radius 1 is 1.15 bits per heavy atom. The zero-order chi connectivity index (χ0) is 19.2. The van der Waals surface area contributed by atoms with Crippen molar-refractivity contribution in [2.75, 3.05) is 19.8 Å². The van der Waals surface area contributed by atoms with Crippen LogP contribution in [0.4, 0.5) is 4.39 Å². The van der Waals surface area contributed by atoms with Crippen LogP contribution in [0.15, 0.2) is 47.4 Å². The molecule has 0 aromatic heterocycles. The third-order valence-electron chi connectivity index (χ3n) is 3.48. The highest BCUT2D eigenvalue weighted by Gasteiger charge is 2.18. The normalized spacial score (nSPS) is 11.2. The predicted molar refractivity (Wildman–Crippen MR) is 94.2 cm³/mol. The molecular weight excluding hydrogens is 361 g/mol. The second-order valence-electron chi connectivity index (χ2n) is 5.39. The third kappa shape index (κ3) is 5.03. The minimum Gasteiger partial charge on any atom is -0.487 e. The molecule has 0 fully saturated rings. The molecule has 140 valence electrons. The summed E-state index contributed by atoms with van der Waals surface area (Å²) in [5.74, 6) is -1.11. The maximum Gasteiger partial charge on any atom is 0.338 e. The number of benzene rings is 2. The fourth-order valence-corrected chi connectivity index (χ4v) is 3.25. The Bertz CT molecular complexity index is 883. The third-order valence-corrected chi connectivity index (χ3v) is 5.03. The van der Waals surface area contributed by atoms with Crippen LogP contribution in [-0.4, -0.2) is 34.1 Å². The van der Waals surface area contributed by atoms with Gasteiger partial charge in [-0.05, 0) is 36.8 Å². The number of ether oxygens (including phenoxy) is 2. The van der Waals surface area contributed by atoms with E-state index in [9.17, 15) is 17.6 Å². The van der Waals surface area contributed by atoms with Gasteiger partial charge in [-0.1, -0.05) is 25.1 Å². The summed E-state index contributed by atoms with van der Waals surface area (Å²) in [6.07, 6.45) is 0. The number of aryl methyl sites for hydroxylation is 1. The Balaban J connectivity index is 2.00. The van der Waals surface area contributed by atoms with Crippen LogP contribution in [0.3, 0.4) is 0 Å². The zero-order valence-corrected chi connectivity index (χ0v) is 15.3. The second-order valence-corrected chi connectivity index (χ2v) is 7.16. The van der Waals surface area contributed by atoms with Gasteiger partial charge in [0, 0.05) is 6.54 Å². The van der Waals surface area contributed by atoms with E-state index < -0.39 is 21.8 Å². The molecule has 0 heterocycles. The second kappa shape index (κ2) is 8.77. The first-order valence-electron chi connectivity index (χ1n) is 8.00. The van der Waals surface area contributed by atoms with E-state index in [0.29, 0.717) is 5.56 Å². The molecule has 0 aliphatic carbocycles. The molecular formula is C18H20FNO5S. The largest absolute Gasteiger partial charge is 0.487 e. The maximum atomic E-state index is 13.4. The summed E-state index contributed by atoms with van der Waals surface area (Å²) in [6, 6.07) is 10.1. The van der Waals surface area contributed by atoms with E-state index in [1.807, 2.05) is 0 Å². The van der Waals surface area contributed by atoms with E-state index in [2.05, 4.69) is 4.72 Å². The van der Waals surface area contributed by atoms with Crippen molar-refractivity contribution in [1.29, 1.82) is 0 Å². The summed E-state index contributed by atoms with van der Waals surface area (Å²) in [5, 5.41) is 0. The average molecular weight is 381 g/mol. The number of rotatable bonds is 8. The summed E-state index contributed by atoms with van der Waals surface area (Å²) in [5.41, 5.74) is 0.732. The van der Waals surface area contributed by atoms with E-state index in [1.54, 1.807) is 26.0 Å². The molecule has 2 aromatic carbocycles. The number of hydrogen-bond acceptors (Lipinski definition) is 5. The van der Waals surface area contributed by atoms with Crippen molar-refractivity contribution >= 4 is 16.0 Å². The monoisotopic (exact) mass is 381 g/mol. The van der Waals surface area contributed by atoms with Gasteiger partial charge in [0.15, 0.2) is 11.6 Å². The SMILES string of the molecule is CCNS(=O)(=O)c1ccc(C)c(C(=O)OCCOc2ccccc2F)c1. The van der Waals surface area contributed by atoms with Crippen LogP contribution in [0, 0.1) is 12.7 Å². The highest BCUT2D eigenvalue weighted by atomic mass is 32.2. The average Bonchev–Trinajstić information content (AvgIpc) is 2.60. The summed E-state index contributed by atoms with van der Waals surface area (Å²) in [6.45, 7) is 3.45. The summed E-state index contributed by atoms with van der Waals surface area (Å²) >= 11 is 0. The van der Waals surface area contributed by atoms with Gasteiger partial charge in [-0.2, -0.15) is 0 Å². The molecule has 2 aromatic rings. The quantitative estimate of drug-likeness (QED) is 0.562. The van der Waals surface area contributed by atoms with Gasteiger partial charge >= 0.3 is 5.97 Å². The molecule has 0 atom stereocenters. The van der Waals surface area contributed by atoms with Gasteiger partial charge in [-0.15, -0.1) is 0 Å². The highest BCUT2D eigenvalue weighted by molar-refractivity contribution is 7.89. The molecule has 26 heavy (non-hydrogen) atoms. The van der Waals surface area contributed by atoms with Crippen LogP contribution >= 0.6 is 0 Å². The molecule has 8 heteroatoms. The summed E-state index contributed by atoms with van der Waals surface area (Å²) in [4.78, 5) is 12.2. The van der Waals surface area contributed by atoms with Crippen LogP contribution in [0.1, 0.15) is 22.8 Å². The van der Waals surface area contributed by atoms with Gasteiger partial charge < -0.3 is 9.47 Å². The van der Waals surface area contributed by atoms with E-state index in [4.69, 9.17) is 9.47 Å². The van der Waals surface area contributed by atoms with Gasteiger partial charge in [0.25, 0.3) is 0 Å². The predicted octanol–water partition coefficient (Wildman–Crippen LogP) is 2.67. The zero-order valence-electron chi connectivity index (χ0n) is 14.5. The van der Waals surface area contributed by atoms with Crippen LogP contribution < -0.4 is 9.46 Å². The molecule has 0 unspecified atom stereocenters. The van der Waals surface area contributed by atoms with Crippen LogP contribution in [-0.2, 0) is 14.8 Å². The molecule has 6 nitrogen and oxygen atoms in total. The topological polar surface area (TPSA) is 81.7 Å². The Labute approximate surface area is 152 Å². The van der Waals surface area contributed by atoms with Gasteiger partial charge in [-0.3, -0.25) is 0 Å². The number of esters is 1. The van der Waals surface area contributed by atoms with Crippen molar-refractivity contribution < 1.29 is 27.1 Å². The Morgan fingerprint density at radius 2 is 1.88 bits per heavy atom. The molecule has 0 spiro atoms. The minimum atomic E-state index is -3.67. The minimum absolute atomic E-state index is 0.0143. The Kier molecular flexibility index (Phi) is 6.70. The first-order valence-corrected chi connectivity index (χ1v) is 9.48. The van der Waals surface area contributed by atoms with E-state index in [0.717, 1.165) is 0 Å². The highest BCUT2D eigenvalue weighted by Crippen LogP contribution is 2.17. The number of carbonyl (C=O) groups excluding carboxylic acids is 1. The number of para-hydroxylation sites is 1. The summed E-state index contributed by atoms with van der Waals surface area (Å²) < 4.78 is 50.2. The van der Waals surface area contributed by atoms with Gasteiger partial charge in [0.2, 0.25) is 10.0 Å². The van der Waals surface area contributed by atoms with E-state index in [-0.39, 0.29) is 36.0 Å². The first kappa shape index (κ1) is 19.9. The number of hydrogen-bond donors (Lipinski definition) is 1. The molecule has 0 aliphatic heterocycles. The molecule has 0 bridgehead atoms. The molecule has 0 radical (unpaired) electrons. The summed E-state index contributed by atoms with van der Waals surface area (Å²) in [7, 11) is -3.67. The fourth-order valence-electron chi connectivity index (χ4n) is 2.19. The molecule has 0 aliphatic rings. The number of nitrogens with one attached hydrogen (secondary N) is 1. The van der Waals surface area contributed by atoms with Gasteiger partial charge in [0.1, 0.15) is 13.2 Å². The Morgan fingerprint density at radius 3 is 2.58 bits per heavy atom. The van der Waals surface area contributed by atoms with Crippen LogP contribution in [0.2, 0.25) is 0 Å². The van der Waals surface area contributed by atoms with Gasteiger partial charge in [0.05, 0.1) is 10.5 Å². The van der Waals surface area contributed by atoms with Crippen LogP contribution in [0.25, 0.3) is 0 Å². The lowest BCUT2D eigenvalue weighted by Crippen LogP contribution is -2.23. The maximum absolute atomic E-state index is 13.4. The standard InChI is InChI=1S/C18H20FNO5S/c1-3-20-26(22,23)14-9-8-13(2)15(12-14)18(21)25-11-10-24-17-7-5-4-6-16(17)19/h4-9,12,20H,3,10-11H2,1-2H3. The molecule has 2 rings (SSSR count). The molecule has 0 amide bonds. The van der Waals surface area contributed by atoms with Gasteiger partial charge in [-0.25, -0.2) is 22.3 Å². The fraction of sp³-hybridized carbons (Fsp3) is 0.278. The van der Waals surface area contributed by atoms with Crippen molar-refractivity contribution in [2.45, 2.75) is 18.7 Å². The molecule has 1 N–H and O–H groups in total. The van der Waals surface area contributed by atoms with E-state index >= 15 is 0 Å². The van der Waals surface area contributed by atoms with Crippen molar-refractivity contribution in [2.24, 2.45) is 0 Å². The lowest BCUT2D eigenvalue weighted by molar-refractivity contribution is 0.0447. The lowest BCUT2D eigenvalue weighted by atomic mass is 10.1. The molecule has 0 saturated carbocycles. The van der Waals surface area contributed by atoms with Crippen molar-refractivity contribution in [3.8, 4) is 5.75 Å². The number of carbonyl (C=O) groups is 1. The molecule has 0 saturated heterocycles. The lowest BCUT2D eigenvalue weighted by Gasteiger charge is -2.11. The van der Waals surface area contributed by atoms with E-state index in [1.165, 1.54) is 30.3 Å². The number of halogens is 1. The Hall–Kier alpha value is -2.45. The van der Waals surface area contributed by atoms with Crippen molar-refractivity contribution in [3.63, 3.8) is 0 Å². The van der Waals surface area contributed by atoms with Crippen molar-refractivity contribution in [1.82, 2.24) is 4.72 Å². The van der Waals surface area contributed by atoms with Crippen LogP contribution in [0.5, 0.6) is 5.75 Å². The smallest absolute Gasteiger partial charge is 0.338 e. The number of sulfonamides is 1. The first-order chi connectivity index (χ1) is 12.3. The van der Waals surface area contributed by atoms with Crippen molar-refractivity contribution in [3.05, 3.63) is 59.4 Å².